The van der Waals surface area contributed by atoms with Gasteiger partial charge in [-0.3, -0.25) is 4.98 Å². The van der Waals surface area contributed by atoms with Crippen molar-refractivity contribution >= 4 is 17.5 Å². The summed E-state index contributed by atoms with van der Waals surface area (Å²) in [5.74, 6) is 2.16. The average molecular weight is 375 g/mol. The second-order valence-corrected chi connectivity index (χ2v) is 7.15. The van der Waals surface area contributed by atoms with Crippen LogP contribution in [-0.4, -0.2) is 37.9 Å². The number of thioether (sulfide) groups is 1. The molecule has 6 nitrogen and oxygen atoms in total. The van der Waals surface area contributed by atoms with Crippen molar-refractivity contribution < 1.29 is 4.74 Å². The van der Waals surface area contributed by atoms with Crippen LogP contribution in [0.25, 0.3) is 28.4 Å². The first-order valence-corrected chi connectivity index (χ1v) is 9.92. The molecule has 1 aliphatic carbocycles. The molecule has 1 aliphatic rings. The number of pyridine rings is 1. The van der Waals surface area contributed by atoms with Gasteiger partial charge in [0.1, 0.15) is 10.8 Å². The summed E-state index contributed by atoms with van der Waals surface area (Å²) in [5, 5.41) is 5.81. The monoisotopic (exact) mass is 375 g/mol. The van der Waals surface area contributed by atoms with Crippen LogP contribution in [0.2, 0.25) is 0 Å². The van der Waals surface area contributed by atoms with E-state index in [9.17, 15) is 0 Å². The number of fused-ring (bicyclic) bond motifs is 5. The fourth-order valence-corrected chi connectivity index (χ4v) is 4.22. The number of benzene rings is 1. The predicted molar refractivity (Wildman–Crippen MR) is 105 cm³/mol. The Morgan fingerprint density at radius 3 is 2.70 bits per heavy atom. The van der Waals surface area contributed by atoms with E-state index in [0.29, 0.717) is 11.6 Å². The van der Waals surface area contributed by atoms with Crippen molar-refractivity contribution in [1.82, 2.24) is 24.6 Å². The molecule has 7 heteroatoms. The molecule has 0 amide bonds. The molecule has 0 saturated carbocycles. The second kappa shape index (κ2) is 6.35. The van der Waals surface area contributed by atoms with Crippen molar-refractivity contribution in [3.05, 3.63) is 53.9 Å². The van der Waals surface area contributed by atoms with E-state index in [1.807, 2.05) is 22.7 Å². The lowest BCUT2D eigenvalue weighted by molar-refractivity contribution is 0.414. The summed E-state index contributed by atoms with van der Waals surface area (Å²) in [6, 6.07) is 10.1. The van der Waals surface area contributed by atoms with Crippen LogP contribution in [0.5, 0.6) is 5.75 Å². The highest BCUT2D eigenvalue weighted by atomic mass is 32.2. The van der Waals surface area contributed by atoms with E-state index in [4.69, 9.17) is 14.8 Å². The van der Waals surface area contributed by atoms with E-state index < -0.39 is 0 Å². The first-order valence-electron chi connectivity index (χ1n) is 8.70. The van der Waals surface area contributed by atoms with Crippen molar-refractivity contribution in [1.29, 1.82) is 0 Å². The predicted octanol–water partition coefficient (Wildman–Crippen LogP) is 3.68. The first-order chi connectivity index (χ1) is 13.3. The normalized spacial score (nSPS) is 12.7. The molecule has 0 unspecified atom stereocenters. The maximum absolute atomic E-state index is 5.41. The topological polar surface area (TPSA) is 65.2 Å². The van der Waals surface area contributed by atoms with Crippen molar-refractivity contribution in [2.45, 2.75) is 17.9 Å². The summed E-state index contributed by atoms with van der Waals surface area (Å²) in [7, 11) is 1.70. The summed E-state index contributed by atoms with van der Waals surface area (Å²) in [6.45, 7) is 0. The van der Waals surface area contributed by atoms with Gasteiger partial charge in [-0.1, -0.05) is 0 Å². The Balaban J connectivity index is 1.80. The van der Waals surface area contributed by atoms with Crippen molar-refractivity contribution in [2.75, 3.05) is 13.4 Å². The summed E-state index contributed by atoms with van der Waals surface area (Å²) in [6.07, 6.45) is 7.45. The Hall–Kier alpha value is -2.93. The molecule has 3 heterocycles. The van der Waals surface area contributed by atoms with Gasteiger partial charge in [0.2, 0.25) is 0 Å². The minimum absolute atomic E-state index is 0.619. The maximum atomic E-state index is 5.41. The first kappa shape index (κ1) is 16.3. The summed E-state index contributed by atoms with van der Waals surface area (Å²) < 4.78 is 7.29. The Morgan fingerprint density at radius 1 is 1.07 bits per heavy atom. The number of rotatable bonds is 3. The third-order valence-corrected chi connectivity index (χ3v) is 5.62. The molecule has 0 fully saturated rings. The van der Waals surface area contributed by atoms with E-state index in [1.165, 1.54) is 16.7 Å². The molecule has 0 spiro atoms. The van der Waals surface area contributed by atoms with E-state index >= 15 is 0 Å². The van der Waals surface area contributed by atoms with E-state index in [1.54, 1.807) is 31.3 Å². The molecule has 3 aromatic heterocycles. The van der Waals surface area contributed by atoms with Gasteiger partial charge < -0.3 is 4.74 Å². The molecule has 0 atom stereocenters. The number of hydrogen-bond donors (Lipinski definition) is 0. The quantitative estimate of drug-likeness (QED) is 0.402. The standard InChI is InChI=1S/C20H17N5OS/c1-26-14-4-6-15-13(11-14)3-5-16-17(15)25-20(23-19(16)27-2)22-18(24-25)12-7-9-21-10-8-12/h4,6-11H,3,5H2,1-2H3. The van der Waals surface area contributed by atoms with Crippen LogP contribution in [0.15, 0.2) is 47.8 Å². The number of nitrogens with zero attached hydrogens (tertiary/aromatic N) is 5. The fraction of sp³-hybridized carbons (Fsp3) is 0.200. The van der Waals surface area contributed by atoms with Crippen molar-refractivity contribution in [3.8, 4) is 28.4 Å². The van der Waals surface area contributed by atoms with Gasteiger partial charge in [0, 0.05) is 29.1 Å². The molecule has 0 saturated heterocycles. The van der Waals surface area contributed by atoms with Gasteiger partial charge in [-0.05, 0) is 55.0 Å². The van der Waals surface area contributed by atoms with Crippen LogP contribution < -0.4 is 4.74 Å². The van der Waals surface area contributed by atoms with Crippen LogP contribution in [0, 0.1) is 0 Å². The lowest BCUT2D eigenvalue weighted by Crippen LogP contribution is -2.12. The van der Waals surface area contributed by atoms with Gasteiger partial charge >= 0.3 is 0 Å². The molecule has 4 aromatic rings. The number of ether oxygens (including phenoxy) is 1. The molecule has 5 rings (SSSR count). The number of methoxy groups -OCH3 is 1. The minimum Gasteiger partial charge on any atom is -0.497 e. The smallest absolute Gasteiger partial charge is 0.254 e. The van der Waals surface area contributed by atoms with Crippen LogP contribution in [0.4, 0.5) is 0 Å². The average Bonchev–Trinajstić information content (AvgIpc) is 3.17. The SMILES string of the molecule is COc1ccc2c(c1)CCc1c(SC)nc3nc(-c4ccncc4)nn3c1-2. The molecule has 27 heavy (non-hydrogen) atoms. The highest BCUT2D eigenvalue weighted by molar-refractivity contribution is 7.98. The molecule has 134 valence electrons. The number of aromatic nitrogens is 5. The third-order valence-electron chi connectivity index (χ3n) is 4.89. The van der Waals surface area contributed by atoms with Gasteiger partial charge in [-0.2, -0.15) is 9.50 Å². The lowest BCUT2D eigenvalue weighted by atomic mass is 9.89. The third kappa shape index (κ3) is 2.57. The van der Waals surface area contributed by atoms with Crippen LogP contribution in [0.3, 0.4) is 0 Å². The summed E-state index contributed by atoms with van der Waals surface area (Å²) in [5.41, 5.74) is 5.69. The van der Waals surface area contributed by atoms with Crippen molar-refractivity contribution in [2.24, 2.45) is 0 Å². The molecule has 0 radical (unpaired) electrons. The van der Waals surface area contributed by atoms with E-state index in [2.05, 4.69) is 28.4 Å². The number of hydrogen-bond acceptors (Lipinski definition) is 6. The molecular formula is C20H17N5OS. The van der Waals surface area contributed by atoms with E-state index in [0.717, 1.165) is 34.9 Å². The minimum atomic E-state index is 0.619. The van der Waals surface area contributed by atoms with Gasteiger partial charge in [0.05, 0.1) is 12.8 Å². The summed E-state index contributed by atoms with van der Waals surface area (Å²) in [4.78, 5) is 13.5. The highest BCUT2D eigenvalue weighted by Crippen LogP contribution is 2.39. The Labute approximate surface area is 160 Å². The second-order valence-electron chi connectivity index (χ2n) is 6.35. The van der Waals surface area contributed by atoms with Crippen LogP contribution in [-0.2, 0) is 12.8 Å². The van der Waals surface area contributed by atoms with Crippen LogP contribution in [0.1, 0.15) is 11.1 Å². The van der Waals surface area contributed by atoms with E-state index in [-0.39, 0.29) is 0 Å². The van der Waals surface area contributed by atoms with Gasteiger partial charge in [-0.25, -0.2) is 4.98 Å². The molecule has 0 aliphatic heterocycles. The molecule has 0 N–H and O–H groups in total. The van der Waals surface area contributed by atoms with Crippen LogP contribution >= 0.6 is 11.8 Å². The van der Waals surface area contributed by atoms with Crippen molar-refractivity contribution in [3.63, 3.8) is 0 Å². The Bertz CT molecular complexity index is 1160. The Morgan fingerprint density at radius 2 is 1.93 bits per heavy atom. The highest BCUT2D eigenvalue weighted by Gasteiger charge is 2.25. The fourth-order valence-electron chi connectivity index (χ4n) is 3.60. The molecular weight excluding hydrogens is 358 g/mol. The zero-order chi connectivity index (χ0) is 18.4. The number of aryl methyl sites for hydroxylation is 1. The molecule has 0 bridgehead atoms. The zero-order valence-corrected chi connectivity index (χ0v) is 15.8. The maximum Gasteiger partial charge on any atom is 0.254 e. The van der Waals surface area contributed by atoms with Gasteiger partial charge in [-0.15, -0.1) is 16.9 Å². The largest absolute Gasteiger partial charge is 0.497 e. The Kier molecular flexibility index (Phi) is 3.82. The lowest BCUT2D eigenvalue weighted by Gasteiger charge is -2.22. The molecule has 1 aromatic carbocycles. The summed E-state index contributed by atoms with van der Waals surface area (Å²) >= 11 is 1.66. The van der Waals surface area contributed by atoms with Gasteiger partial charge in [0.15, 0.2) is 5.82 Å². The van der Waals surface area contributed by atoms with Gasteiger partial charge in [0.25, 0.3) is 5.78 Å². The zero-order valence-electron chi connectivity index (χ0n) is 15.0.